The minimum atomic E-state index is -0.258. The predicted octanol–water partition coefficient (Wildman–Crippen LogP) is 4.63. The molecule has 1 fully saturated rings. The molecule has 0 aliphatic carbocycles. The summed E-state index contributed by atoms with van der Waals surface area (Å²) in [6, 6.07) is 15.2. The highest BCUT2D eigenvalue weighted by molar-refractivity contribution is 5.97. The van der Waals surface area contributed by atoms with Gasteiger partial charge in [0.25, 0.3) is 5.91 Å². The fourth-order valence-electron chi connectivity index (χ4n) is 4.39. The number of anilines is 1. The summed E-state index contributed by atoms with van der Waals surface area (Å²) in [5, 5.41) is 3.21. The number of fused-ring (bicyclic) bond motifs is 1. The zero-order valence-electron chi connectivity index (χ0n) is 17.1. The number of carbonyl (C=O) groups excluding carboxylic acids is 2. The first-order valence-corrected chi connectivity index (χ1v) is 10.5. The second-order valence-electron chi connectivity index (χ2n) is 7.96. The Morgan fingerprint density at radius 1 is 1.14 bits per heavy atom. The first-order valence-electron chi connectivity index (χ1n) is 10.5. The van der Waals surface area contributed by atoms with Gasteiger partial charge in [0.2, 0.25) is 5.91 Å². The smallest absolute Gasteiger partial charge is 0.251 e. The molecule has 29 heavy (non-hydrogen) atoms. The summed E-state index contributed by atoms with van der Waals surface area (Å²) < 4.78 is 6.33. The average molecular weight is 392 g/mol. The molecular weight excluding hydrogens is 364 g/mol. The van der Waals surface area contributed by atoms with Crippen molar-refractivity contribution in [3.63, 3.8) is 0 Å². The van der Waals surface area contributed by atoms with Gasteiger partial charge >= 0.3 is 0 Å². The fraction of sp³-hybridized carbons (Fsp3) is 0.417. The van der Waals surface area contributed by atoms with Gasteiger partial charge in [0.15, 0.2) is 0 Å². The maximum absolute atomic E-state index is 13.0. The number of ether oxygens (including phenoxy) is 1. The Hall–Kier alpha value is -2.82. The maximum atomic E-state index is 13.0. The lowest BCUT2D eigenvalue weighted by Crippen LogP contribution is -2.44. The third kappa shape index (κ3) is 3.74. The molecular formula is C24H28N2O3. The summed E-state index contributed by atoms with van der Waals surface area (Å²) in [5.41, 5.74) is 2.23. The van der Waals surface area contributed by atoms with Crippen molar-refractivity contribution in [3.8, 4) is 5.75 Å². The fourth-order valence-corrected chi connectivity index (χ4v) is 4.39. The Balaban J connectivity index is 1.53. The molecule has 2 aliphatic rings. The van der Waals surface area contributed by atoms with Crippen LogP contribution in [0.25, 0.3) is 0 Å². The standard InChI is InChI=1S/C24H28N2O3/c1-3-24(4-2)16-20(19-8-5-6-9-21(19)29-24)25-23(28)17-11-13-18(14-12-17)26-15-7-10-22(26)27/h5-6,8-9,11-14,20H,3-4,7,10,15-16H2,1-2H3,(H,25,28). The summed E-state index contributed by atoms with van der Waals surface area (Å²) >= 11 is 0. The lowest BCUT2D eigenvalue weighted by molar-refractivity contribution is -0.117. The lowest BCUT2D eigenvalue weighted by Gasteiger charge is -2.41. The molecule has 152 valence electrons. The van der Waals surface area contributed by atoms with Crippen molar-refractivity contribution in [1.82, 2.24) is 5.32 Å². The Morgan fingerprint density at radius 3 is 2.52 bits per heavy atom. The first-order chi connectivity index (χ1) is 14.0. The number of amides is 2. The van der Waals surface area contributed by atoms with Crippen LogP contribution in [-0.2, 0) is 4.79 Å². The number of para-hydroxylation sites is 1. The second-order valence-corrected chi connectivity index (χ2v) is 7.96. The van der Waals surface area contributed by atoms with Crippen molar-refractivity contribution in [2.24, 2.45) is 0 Å². The van der Waals surface area contributed by atoms with E-state index in [0.29, 0.717) is 12.0 Å². The molecule has 2 aliphatic heterocycles. The molecule has 2 amide bonds. The van der Waals surface area contributed by atoms with Crippen molar-refractivity contribution in [2.45, 2.75) is 57.6 Å². The van der Waals surface area contributed by atoms with Crippen LogP contribution in [0.2, 0.25) is 0 Å². The van der Waals surface area contributed by atoms with E-state index in [2.05, 4.69) is 19.2 Å². The van der Waals surface area contributed by atoms with Gasteiger partial charge in [0, 0.05) is 36.2 Å². The van der Waals surface area contributed by atoms with E-state index in [-0.39, 0.29) is 23.5 Å². The number of nitrogens with one attached hydrogen (secondary N) is 1. The van der Waals surface area contributed by atoms with Gasteiger partial charge in [-0.15, -0.1) is 0 Å². The highest BCUT2D eigenvalue weighted by Crippen LogP contribution is 2.42. The highest BCUT2D eigenvalue weighted by atomic mass is 16.5. The van der Waals surface area contributed by atoms with E-state index in [1.807, 2.05) is 36.4 Å². The molecule has 0 spiro atoms. The molecule has 2 aromatic carbocycles. The Kier molecular flexibility index (Phi) is 5.31. The SMILES string of the molecule is CCC1(CC)CC(NC(=O)c2ccc(N3CCCC3=O)cc2)c2ccccc2O1. The van der Waals surface area contributed by atoms with Crippen LogP contribution in [0, 0.1) is 0 Å². The number of hydrogen-bond donors (Lipinski definition) is 1. The summed E-state index contributed by atoms with van der Waals surface area (Å²) in [6.07, 6.45) is 4.03. The van der Waals surface area contributed by atoms with Gasteiger partial charge in [0.1, 0.15) is 11.4 Å². The van der Waals surface area contributed by atoms with E-state index in [1.165, 1.54) is 0 Å². The highest BCUT2D eigenvalue weighted by Gasteiger charge is 2.39. The van der Waals surface area contributed by atoms with Crippen molar-refractivity contribution < 1.29 is 14.3 Å². The van der Waals surface area contributed by atoms with Gasteiger partial charge in [-0.05, 0) is 49.6 Å². The van der Waals surface area contributed by atoms with Gasteiger partial charge in [-0.2, -0.15) is 0 Å². The van der Waals surface area contributed by atoms with Crippen LogP contribution in [0.15, 0.2) is 48.5 Å². The summed E-state index contributed by atoms with van der Waals surface area (Å²) in [6.45, 7) is 5.02. The van der Waals surface area contributed by atoms with Gasteiger partial charge < -0.3 is 15.0 Å². The molecule has 0 bridgehead atoms. The first kappa shape index (κ1) is 19.5. The average Bonchev–Trinajstić information content (AvgIpc) is 3.19. The number of benzene rings is 2. The van der Waals surface area contributed by atoms with Crippen molar-refractivity contribution in [2.75, 3.05) is 11.4 Å². The molecule has 1 unspecified atom stereocenters. The quantitative estimate of drug-likeness (QED) is 0.807. The van der Waals surface area contributed by atoms with Gasteiger partial charge in [-0.1, -0.05) is 32.0 Å². The van der Waals surface area contributed by atoms with E-state index in [9.17, 15) is 9.59 Å². The van der Waals surface area contributed by atoms with E-state index in [0.717, 1.165) is 49.2 Å². The van der Waals surface area contributed by atoms with Crippen LogP contribution in [0.5, 0.6) is 5.75 Å². The molecule has 0 radical (unpaired) electrons. The van der Waals surface area contributed by atoms with Crippen LogP contribution in [0.4, 0.5) is 5.69 Å². The Morgan fingerprint density at radius 2 is 1.86 bits per heavy atom. The minimum absolute atomic E-state index is 0.0906. The van der Waals surface area contributed by atoms with Crippen molar-refractivity contribution in [1.29, 1.82) is 0 Å². The molecule has 1 atom stereocenters. The van der Waals surface area contributed by atoms with E-state index < -0.39 is 0 Å². The minimum Gasteiger partial charge on any atom is -0.487 e. The number of hydrogen-bond acceptors (Lipinski definition) is 3. The zero-order chi connectivity index (χ0) is 20.4. The Labute approximate surface area is 172 Å². The topological polar surface area (TPSA) is 58.6 Å². The number of rotatable bonds is 5. The van der Waals surface area contributed by atoms with Crippen molar-refractivity contribution >= 4 is 17.5 Å². The summed E-state index contributed by atoms with van der Waals surface area (Å²) in [7, 11) is 0. The largest absolute Gasteiger partial charge is 0.487 e. The molecule has 0 aromatic heterocycles. The van der Waals surface area contributed by atoms with E-state index in [1.54, 1.807) is 17.0 Å². The van der Waals surface area contributed by atoms with Crippen LogP contribution in [0.3, 0.4) is 0 Å². The van der Waals surface area contributed by atoms with Gasteiger partial charge in [0.05, 0.1) is 6.04 Å². The second kappa shape index (κ2) is 7.90. The monoisotopic (exact) mass is 392 g/mol. The summed E-state index contributed by atoms with van der Waals surface area (Å²) in [4.78, 5) is 26.7. The molecule has 4 rings (SSSR count). The number of carbonyl (C=O) groups is 2. The Bertz CT molecular complexity index is 903. The maximum Gasteiger partial charge on any atom is 0.251 e. The zero-order valence-corrected chi connectivity index (χ0v) is 17.1. The van der Waals surface area contributed by atoms with Crippen molar-refractivity contribution in [3.05, 3.63) is 59.7 Å². The molecule has 1 saturated heterocycles. The molecule has 2 heterocycles. The third-order valence-electron chi connectivity index (χ3n) is 6.31. The van der Waals surface area contributed by atoms with Gasteiger partial charge in [-0.3, -0.25) is 9.59 Å². The number of nitrogens with zero attached hydrogens (tertiary/aromatic N) is 1. The molecule has 5 nitrogen and oxygen atoms in total. The molecule has 2 aromatic rings. The van der Waals surface area contributed by atoms with Crippen LogP contribution in [0.1, 0.15) is 67.9 Å². The predicted molar refractivity (Wildman–Crippen MR) is 113 cm³/mol. The molecule has 5 heteroatoms. The summed E-state index contributed by atoms with van der Waals surface area (Å²) in [5.74, 6) is 0.902. The molecule has 0 saturated carbocycles. The van der Waals surface area contributed by atoms with E-state index in [4.69, 9.17) is 4.74 Å². The van der Waals surface area contributed by atoms with Crippen LogP contribution >= 0.6 is 0 Å². The lowest BCUT2D eigenvalue weighted by atomic mass is 9.83. The molecule has 1 N–H and O–H groups in total. The normalized spacial score (nSPS) is 20.1. The van der Waals surface area contributed by atoms with E-state index >= 15 is 0 Å². The third-order valence-corrected chi connectivity index (χ3v) is 6.31. The van der Waals surface area contributed by atoms with Gasteiger partial charge in [-0.25, -0.2) is 0 Å². The van der Waals surface area contributed by atoms with Crippen LogP contribution in [-0.4, -0.2) is 24.0 Å². The van der Waals surface area contributed by atoms with Crippen LogP contribution < -0.4 is 15.0 Å².